The average Bonchev–Trinajstić information content (AvgIpc) is 2.87. The Morgan fingerprint density at radius 2 is 2.19 bits per heavy atom. The van der Waals surface area contributed by atoms with E-state index in [1.54, 1.807) is 4.68 Å². The van der Waals surface area contributed by atoms with E-state index in [0.717, 1.165) is 16.4 Å². The first-order chi connectivity index (χ1) is 10.1. The molecule has 0 radical (unpaired) electrons. The van der Waals surface area contributed by atoms with Gasteiger partial charge in [-0.2, -0.15) is 0 Å². The first-order valence-corrected chi connectivity index (χ1v) is 8.89. The van der Waals surface area contributed by atoms with Crippen molar-refractivity contribution in [2.75, 3.05) is 5.75 Å². The second-order valence-corrected chi connectivity index (χ2v) is 7.39. The molecule has 0 saturated heterocycles. The molecule has 112 valence electrons. The van der Waals surface area contributed by atoms with Gasteiger partial charge in [-0.1, -0.05) is 48.2 Å². The van der Waals surface area contributed by atoms with Crippen LogP contribution in [0.3, 0.4) is 0 Å². The molecule has 4 nitrogen and oxygen atoms in total. The van der Waals surface area contributed by atoms with Gasteiger partial charge < -0.3 is 5.32 Å². The molecular formula is C14H17N3OS3. The van der Waals surface area contributed by atoms with Gasteiger partial charge in [0.25, 0.3) is 0 Å². The largest absolute Gasteiger partial charge is 0.353 e. The molecule has 2 aromatic rings. The van der Waals surface area contributed by atoms with Gasteiger partial charge in [0, 0.05) is 6.04 Å². The minimum atomic E-state index is 0.0294. The van der Waals surface area contributed by atoms with Crippen molar-refractivity contribution in [2.45, 2.75) is 30.6 Å². The topological polar surface area (TPSA) is 46.9 Å². The number of thioether (sulfide) groups is 1. The first-order valence-electron chi connectivity index (χ1n) is 6.68. The number of rotatable bonds is 6. The molecule has 2 rings (SSSR count). The van der Waals surface area contributed by atoms with Crippen LogP contribution in [0.4, 0.5) is 0 Å². The minimum absolute atomic E-state index is 0.0294. The van der Waals surface area contributed by atoms with Gasteiger partial charge in [0.05, 0.1) is 11.4 Å². The third-order valence-electron chi connectivity index (χ3n) is 2.88. The lowest BCUT2D eigenvalue weighted by atomic mass is 10.3. The third kappa shape index (κ3) is 4.66. The van der Waals surface area contributed by atoms with Crippen molar-refractivity contribution in [3.05, 3.63) is 34.3 Å². The van der Waals surface area contributed by atoms with E-state index >= 15 is 0 Å². The van der Waals surface area contributed by atoms with Gasteiger partial charge in [0.15, 0.2) is 8.29 Å². The molecule has 1 aromatic heterocycles. The molecule has 1 N–H and O–H groups in total. The Morgan fingerprint density at radius 3 is 2.86 bits per heavy atom. The maximum atomic E-state index is 11.8. The Morgan fingerprint density at radius 1 is 1.48 bits per heavy atom. The average molecular weight is 340 g/mol. The zero-order valence-corrected chi connectivity index (χ0v) is 14.4. The number of carbonyl (C=O) groups excluding carboxylic acids is 1. The second kappa shape index (κ2) is 7.72. The summed E-state index contributed by atoms with van der Waals surface area (Å²) in [6.07, 6.45) is 0.929. The van der Waals surface area contributed by atoms with Crippen LogP contribution in [0, 0.1) is 3.95 Å². The molecule has 1 aromatic carbocycles. The SMILES string of the molecule is CCC(C)NC(=O)CSc1nn(-c2ccccc2)c(=S)s1. The Labute approximate surface area is 137 Å². The number of aromatic nitrogens is 2. The molecule has 1 amide bonds. The van der Waals surface area contributed by atoms with Gasteiger partial charge in [0.2, 0.25) is 5.91 Å². The van der Waals surface area contributed by atoms with E-state index in [1.165, 1.54) is 23.1 Å². The van der Waals surface area contributed by atoms with Gasteiger partial charge >= 0.3 is 0 Å². The van der Waals surface area contributed by atoms with Gasteiger partial charge in [0.1, 0.15) is 0 Å². The predicted molar refractivity (Wildman–Crippen MR) is 90.9 cm³/mol. The van der Waals surface area contributed by atoms with Crippen LogP contribution >= 0.6 is 35.3 Å². The molecule has 0 aliphatic heterocycles. The number of benzene rings is 1. The maximum Gasteiger partial charge on any atom is 0.230 e. The zero-order chi connectivity index (χ0) is 15.2. The summed E-state index contributed by atoms with van der Waals surface area (Å²) in [5, 5.41) is 7.40. The van der Waals surface area contributed by atoms with Crippen molar-refractivity contribution in [1.82, 2.24) is 15.1 Å². The fourth-order valence-corrected chi connectivity index (χ4v) is 3.77. The number of nitrogens with one attached hydrogen (secondary N) is 1. The van der Waals surface area contributed by atoms with Crippen molar-refractivity contribution in [1.29, 1.82) is 0 Å². The number of para-hydroxylation sites is 1. The van der Waals surface area contributed by atoms with E-state index in [4.69, 9.17) is 12.2 Å². The fourth-order valence-electron chi connectivity index (χ4n) is 1.60. The molecular weight excluding hydrogens is 322 g/mol. The molecule has 0 aliphatic rings. The predicted octanol–water partition coefficient (Wildman–Crippen LogP) is 3.67. The van der Waals surface area contributed by atoms with Gasteiger partial charge in [-0.05, 0) is 37.7 Å². The van der Waals surface area contributed by atoms with Crippen LogP contribution in [0.5, 0.6) is 0 Å². The highest BCUT2D eigenvalue weighted by atomic mass is 32.2. The van der Waals surface area contributed by atoms with E-state index in [-0.39, 0.29) is 11.9 Å². The molecule has 0 aliphatic carbocycles. The van der Waals surface area contributed by atoms with Crippen LogP contribution in [0.25, 0.3) is 5.69 Å². The number of carbonyl (C=O) groups is 1. The van der Waals surface area contributed by atoms with Crippen LogP contribution in [0.2, 0.25) is 0 Å². The summed E-state index contributed by atoms with van der Waals surface area (Å²) in [6, 6.07) is 9.97. The minimum Gasteiger partial charge on any atom is -0.353 e. The zero-order valence-electron chi connectivity index (χ0n) is 11.9. The van der Waals surface area contributed by atoms with Gasteiger partial charge in [-0.3, -0.25) is 4.79 Å². The highest BCUT2D eigenvalue weighted by Crippen LogP contribution is 2.23. The molecule has 7 heteroatoms. The number of hydrogen-bond acceptors (Lipinski definition) is 5. The van der Waals surface area contributed by atoms with Crippen molar-refractivity contribution in [3.63, 3.8) is 0 Å². The smallest absolute Gasteiger partial charge is 0.230 e. The number of hydrogen-bond donors (Lipinski definition) is 1. The van der Waals surface area contributed by atoms with Crippen molar-refractivity contribution < 1.29 is 4.79 Å². The Bertz CT molecular complexity index is 651. The molecule has 0 bridgehead atoms. The van der Waals surface area contributed by atoms with E-state index in [9.17, 15) is 4.79 Å². The van der Waals surface area contributed by atoms with Crippen LogP contribution in [0.1, 0.15) is 20.3 Å². The summed E-state index contributed by atoms with van der Waals surface area (Å²) in [5.41, 5.74) is 0.939. The van der Waals surface area contributed by atoms with Crippen LogP contribution < -0.4 is 5.32 Å². The Kier molecular flexibility index (Phi) is 5.96. The third-order valence-corrected chi connectivity index (χ3v) is 5.24. The second-order valence-electron chi connectivity index (χ2n) is 4.55. The Balaban J connectivity index is 2.00. The van der Waals surface area contributed by atoms with Gasteiger partial charge in [-0.25, -0.2) is 4.68 Å². The summed E-state index contributed by atoms with van der Waals surface area (Å²) in [4.78, 5) is 11.8. The van der Waals surface area contributed by atoms with Crippen LogP contribution in [0.15, 0.2) is 34.7 Å². The van der Waals surface area contributed by atoms with Crippen molar-refractivity contribution >= 4 is 41.2 Å². The fraction of sp³-hybridized carbons (Fsp3) is 0.357. The monoisotopic (exact) mass is 339 g/mol. The summed E-state index contributed by atoms with van der Waals surface area (Å²) < 4.78 is 3.23. The molecule has 1 heterocycles. The Hall–Kier alpha value is -1.18. The highest BCUT2D eigenvalue weighted by Gasteiger charge is 2.10. The molecule has 0 fully saturated rings. The van der Waals surface area contributed by atoms with E-state index in [2.05, 4.69) is 10.4 Å². The summed E-state index contributed by atoms with van der Waals surface area (Å²) >= 11 is 8.17. The normalized spacial score (nSPS) is 12.1. The van der Waals surface area contributed by atoms with Crippen LogP contribution in [-0.4, -0.2) is 27.5 Å². The van der Waals surface area contributed by atoms with E-state index in [0.29, 0.717) is 9.71 Å². The lowest BCUT2D eigenvalue weighted by Gasteiger charge is -2.10. The number of amides is 1. The summed E-state index contributed by atoms with van der Waals surface area (Å²) in [6.45, 7) is 4.04. The lowest BCUT2D eigenvalue weighted by Crippen LogP contribution is -2.33. The highest BCUT2D eigenvalue weighted by molar-refractivity contribution is 8.01. The first kappa shape index (κ1) is 16.2. The quantitative estimate of drug-likeness (QED) is 0.644. The van der Waals surface area contributed by atoms with Gasteiger partial charge in [-0.15, -0.1) is 5.10 Å². The molecule has 0 saturated carbocycles. The van der Waals surface area contributed by atoms with Crippen molar-refractivity contribution in [2.24, 2.45) is 0 Å². The summed E-state index contributed by atoms with van der Waals surface area (Å²) in [7, 11) is 0. The maximum absolute atomic E-state index is 11.8. The molecule has 0 spiro atoms. The summed E-state index contributed by atoms with van der Waals surface area (Å²) in [5.74, 6) is 0.392. The molecule has 1 atom stereocenters. The molecule has 1 unspecified atom stereocenters. The van der Waals surface area contributed by atoms with Crippen molar-refractivity contribution in [3.8, 4) is 5.69 Å². The van der Waals surface area contributed by atoms with E-state index < -0.39 is 0 Å². The van der Waals surface area contributed by atoms with Crippen LogP contribution in [-0.2, 0) is 4.79 Å². The van der Waals surface area contributed by atoms with E-state index in [1.807, 2.05) is 44.2 Å². The number of nitrogens with zero attached hydrogens (tertiary/aromatic N) is 2. The standard InChI is InChI=1S/C14H17N3OS3/c1-3-10(2)15-12(18)9-20-13-16-17(14(19)21-13)11-7-5-4-6-8-11/h4-8,10H,3,9H2,1-2H3,(H,15,18). The molecule has 21 heavy (non-hydrogen) atoms. The lowest BCUT2D eigenvalue weighted by molar-refractivity contribution is -0.119.